The fourth-order valence-electron chi connectivity index (χ4n) is 0.473. The molecule has 55 valence electrons. The summed E-state index contributed by atoms with van der Waals surface area (Å²) in [6, 6.07) is 0. The first-order valence-corrected chi connectivity index (χ1v) is 3.23. The first kappa shape index (κ1) is 7.53. The lowest BCUT2D eigenvalue weighted by molar-refractivity contribution is -0.0927. The van der Waals surface area contributed by atoms with Gasteiger partial charge in [0.15, 0.2) is 0 Å². The van der Waals surface area contributed by atoms with Gasteiger partial charge in [0.25, 0.3) is 0 Å². The summed E-state index contributed by atoms with van der Waals surface area (Å²) in [4.78, 5) is 0. The molecule has 1 heterocycles. The Morgan fingerprint density at radius 3 is 2.60 bits per heavy atom. The highest BCUT2D eigenvalue weighted by Gasteiger charge is 2.28. The summed E-state index contributed by atoms with van der Waals surface area (Å²) in [5.74, 6) is 0. The van der Waals surface area contributed by atoms with Gasteiger partial charge in [-0.05, 0) is 17.1 Å². The molecule has 0 N–H and O–H groups in total. The lowest BCUT2D eigenvalue weighted by Gasteiger charge is -2.00. The van der Waals surface area contributed by atoms with E-state index in [4.69, 9.17) is 0 Å². The smallest absolute Gasteiger partial charge is 0.201 e. The number of aromatic nitrogens is 1. The molecule has 0 fully saturated rings. The van der Waals surface area contributed by atoms with Crippen LogP contribution in [0.15, 0.2) is 11.6 Å². The average molecular weight is 166 g/mol. The molecule has 0 atom stereocenters. The standard InChI is InChI=1S/C5H3F3NS/c6-5(7,8)1-4-2-9-10-3-4/h1-3H. The van der Waals surface area contributed by atoms with Crippen LogP contribution in [0.2, 0.25) is 0 Å². The SMILES string of the molecule is FC(F)(F)[CH]c1cnsc1. The molecular formula is C5H3F3NS. The molecule has 1 radical (unpaired) electrons. The number of hydrogen-bond acceptors (Lipinski definition) is 2. The predicted octanol–water partition coefficient (Wildman–Crippen LogP) is 2.26. The van der Waals surface area contributed by atoms with Crippen LogP contribution in [0, 0.1) is 6.42 Å². The van der Waals surface area contributed by atoms with Crippen molar-refractivity contribution in [3.05, 3.63) is 23.6 Å². The van der Waals surface area contributed by atoms with E-state index in [1.807, 2.05) is 0 Å². The van der Waals surface area contributed by atoms with Crippen molar-refractivity contribution in [1.82, 2.24) is 4.37 Å². The van der Waals surface area contributed by atoms with Gasteiger partial charge >= 0.3 is 6.18 Å². The van der Waals surface area contributed by atoms with Crippen LogP contribution in [-0.2, 0) is 0 Å². The molecule has 1 rings (SSSR count). The predicted molar refractivity (Wildman–Crippen MR) is 31.6 cm³/mol. The maximum absolute atomic E-state index is 11.5. The highest BCUT2D eigenvalue weighted by molar-refractivity contribution is 7.03. The minimum Gasteiger partial charge on any atom is -0.201 e. The molecule has 1 aromatic heterocycles. The Kier molecular flexibility index (Phi) is 1.94. The molecule has 0 spiro atoms. The zero-order valence-electron chi connectivity index (χ0n) is 4.72. The maximum Gasteiger partial charge on any atom is 0.396 e. The minimum atomic E-state index is -4.23. The topological polar surface area (TPSA) is 12.9 Å². The maximum atomic E-state index is 11.5. The monoisotopic (exact) mass is 166 g/mol. The number of rotatable bonds is 1. The molecule has 1 aromatic rings. The molecule has 1 nitrogen and oxygen atoms in total. The Morgan fingerprint density at radius 2 is 2.20 bits per heavy atom. The normalized spacial score (nSPS) is 11.9. The third-order valence-corrected chi connectivity index (χ3v) is 1.39. The molecule has 0 amide bonds. The molecule has 0 saturated carbocycles. The van der Waals surface area contributed by atoms with Crippen LogP contribution in [0.25, 0.3) is 0 Å². The van der Waals surface area contributed by atoms with Crippen LogP contribution in [0.3, 0.4) is 0 Å². The van der Waals surface area contributed by atoms with Gasteiger partial charge in [-0.15, -0.1) is 0 Å². The van der Waals surface area contributed by atoms with Crippen molar-refractivity contribution in [3.63, 3.8) is 0 Å². The van der Waals surface area contributed by atoms with E-state index < -0.39 is 6.18 Å². The van der Waals surface area contributed by atoms with Gasteiger partial charge in [-0.2, -0.15) is 13.2 Å². The second-order valence-corrected chi connectivity index (χ2v) is 2.30. The third kappa shape index (κ3) is 2.34. The molecule has 5 heteroatoms. The van der Waals surface area contributed by atoms with Gasteiger partial charge in [-0.25, -0.2) is 4.37 Å². The zero-order valence-corrected chi connectivity index (χ0v) is 5.54. The molecule has 0 saturated heterocycles. The van der Waals surface area contributed by atoms with Gasteiger partial charge < -0.3 is 0 Å². The first-order chi connectivity index (χ1) is 4.58. The van der Waals surface area contributed by atoms with Crippen molar-refractivity contribution in [2.75, 3.05) is 0 Å². The van der Waals surface area contributed by atoms with Crippen molar-refractivity contribution in [2.24, 2.45) is 0 Å². The van der Waals surface area contributed by atoms with Gasteiger partial charge in [-0.1, -0.05) is 0 Å². The van der Waals surface area contributed by atoms with E-state index in [1.165, 1.54) is 11.6 Å². The van der Waals surface area contributed by atoms with Gasteiger partial charge in [0.1, 0.15) is 0 Å². The average Bonchev–Trinajstić information content (AvgIpc) is 2.12. The van der Waals surface area contributed by atoms with E-state index in [9.17, 15) is 13.2 Å². The van der Waals surface area contributed by atoms with Gasteiger partial charge in [-0.3, -0.25) is 0 Å². The Bertz CT molecular complexity index is 191. The molecule has 0 aliphatic carbocycles. The van der Waals surface area contributed by atoms with Crippen LogP contribution < -0.4 is 0 Å². The second-order valence-electron chi connectivity index (χ2n) is 1.64. The van der Waals surface area contributed by atoms with Crippen LogP contribution in [0.4, 0.5) is 13.2 Å². The van der Waals surface area contributed by atoms with Crippen LogP contribution in [0.5, 0.6) is 0 Å². The lowest BCUT2D eigenvalue weighted by Crippen LogP contribution is -2.07. The van der Waals surface area contributed by atoms with Crippen molar-refractivity contribution in [2.45, 2.75) is 6.18 Å². The summed E-state index contributed by atoms with van der Waals surface area (Å²) < 4.78 is 38.1. The highest BCUT2D eigenvalue weighted by Crippen LogP contribution is 2.23. The van der Waals surface area contributed by atoms with Crippen LogP contribution in [0.1, 0.15) is 5.56 Å². The van der Waals surface area contributed by atoms with Crippen LogP contribution in [-0.4, -0.2) is 10.5 Å². The summed E-state index contributed by atoms with van der Waals surface area (Å²) in [6.07, 6.45) is -2.84. The molecule has 0 aromatic carbocycles. The summed E-state index contributed by atoms with van der Waals surface area (Å²) in [5, 5.41) is 1.34. The largest absolute Gasteiger partial charge is 0.396 e. The van der Waals surface area contributed by atoms with E-state index in [0.717, 1.165) is 11.5 Å². The van der Waals surface area contributed by atoms with Gasteiger partial charge in [0, 0.05) is 11.6 Å². The van der Waals surface area contributed by atoms with Gasteiger partial charge in [0.2, 0.25) is 0 Å². The molecule has 0 aliphatic heterocycles. The molecule has 0 bridgehead atoms. The summed E-state index contributed by atoms with van der Waals surface area (Å²) in [6.45, 7) is 0. The second kappa shape index (κ2) is 2.57. The van der Waals surface area contributed by atoms with E-state index in [0.29, 0.717) is 0 Å². The number of hydrogen-bond donors (Lipinski definition) is 0. The Morgan fingerprint density at radius 1 is 1.50 bits per heavy atom. The lowest BCUT2D eigenvalue weighted by atomic mass is 10.3. The van der Waals surface area contributed by atoms with E-state index in [2.05, 4.69) is 4.37 Å². The van der Waals surface area contributed by atoms with Crippen molar-refractivity contribution < 1.29 is 13.2 Å². The van der Waals surface area contributed by atoms with E-state index >= 15 is 0 Å². The highest BCUT2D eigenvalue weighted by atomic mass is 32.1. The fraction of sp³-hybridized carbons (Fsp3) is 0.200. The van der Waals surface area contributed by atoms with Gasteiger partial charge in [0.05, 0.1) is 6.42 Å². The summed E-state index contributed by atoms with van der Waals surface area (Å²) in [7, 11) is 0. The quantitative estimate of drug-likeness (QED) is 0.623. The third-order valence-electron chi connectivity index (χ3n) is 0.782. The number of nitrogens with zero attached hydrogens (tertiary/aromatic N) is 1. The number of halogens is 3. The molecule has 0 aliphatic rings. The van der Waals surface area contributed by atoms with E-state index in [-0.39, 0.29) is 12.0 Å². The zero-order chi connectivity index (χ0) is 7.61. The minimum absolute atomic E-state index is 0.109. The van der Waals surface area contributed by atoms with Crippen molar-refractivity contribution in [1.29, 1.82) is 0 Å². The first-order valence-electron chi connectivity index (χ1n) is 2.40. The Balaban J connectivity index is 2.57. The Hall–Kier alpha value is -0.580. The van der Waals surface area contributed by atoms with E-state index in [1.54, 1.807) is 0 Å². The van der Waals surface area contributed by atoms with Crippen molar-refractivity contribution >= 4 is 11.5 Å². The van der Waals surface area contributed by atoms with Crippen LogP contribution >= 0.6 is 11.5 Å². The number of alkyl halides is 3. The summed E-state index contributed by atoms with van der Waals surface area (Å²) >= 11 is 0.999. The molecule has 10 heavy (non-hydrogen) atoms. The summed E-state index contributed by atoms with van der Waals surface area (Å²) in [5.41, 5.74) is 0.109. The fourth-order valence-corrected chi connectivity index (χ4v) is 0.967. The van der Waals surface area contributed by atoms with Crippen molar-refractivity contribution in [3.8, 4) is 0 Å². The molecule has 0 unspecified atom stereocenters. The molecular weight excluding hydrogens is 163 g/mol. The Labute approximate surface area is 59.7 Å².